The van der Waals surface area contributed by atoms with Crippen molar-refractivity contribution in [3.05, 3.63) is 29.8 Å². The number of hydrogen-bond acceptors (Lipinski definition) is 4. The van der Waals surface area contributed by atoms with Gasteiger partial charge in [0.1, 0.15) is 6.07 Å². The largest absolute Gasteiger partial charge is 0.326 e. The minimum absolute atomic E-state index is 0.0107. The van der Waals surface area contributed by atoms with Crippen molar-refractivity contribution in [2.24, 2.45) is 11.7 Å². The molecule has 0 bridgehead atoms. The van der Waals surface area contributed by atoms with E-state index in [1.807, 2.05) is 19.9 Å². The third-order valence-corrected chi connectivity index (χ3v) is 4.14. The van der Waals surface area contributed by atoms with Crippen molar-refractivity contribution in [1.82, 2.24) is 4.72 Å². The molecule has 1 atom stereocenters. The van der Waals surface area contributed by atoms with E-state index in [0.717, 1.165) is 0 Å². The molecule has 18 heavy (non-hydrogen) atoms. The van der Waals surface area contributed by atoms with Crippen LogP contribution in [0.4, 0.5) is 0 Å². The van der Waals surface area contributed by atoms with Crippen LogP contribution < -0.4 is 10.5 Å². The van der Waals surface area contributed by atoms with Crippen molar-refractivity contribution in [3.8, 4) is 6.07 Å². The van der Waals surface area contributed by atoms with Crippen molar-refractivity contribution >= 4 is 10.0 Å². The van der Waals surface area contributed by atoms with Gasteiger partial charge in [-0.25, -0.2) is 13.1 Å². The van der Waals surface area contributed by atoms with Gasteiger partial charge in [-0.3, -0.25) is 0 Å². The van der Waals surface area contributed by atoms with Crippen LogP contribution in [0.15, 0.2) is 29.2 Å². The molecule has 0 saturated heterocycles. The zero-order valence-electron chi connectivity index (χ0n) is 10.4. The number of nitrogens with zero attached hydrogens (tertiary/aromatic N) is 1. The van der Waals surface area contributed by atoms with Gasteiger partial charge in [0.25, 0.3) is 0 Å². The number of rotatable bonds is 5. The molecule has 0 amide bonds. The lowest BCUT2D eigenvalue weighted by atomic mass is 10.1. The number of sulfonamides is 1. The van der Waals surface area contributed by atoms with E-state index in [2.05, 4.69) is 4.72 Å². The van der Waals surface area contributed by atoms with Gasteiger partial charge >= 0.3 is 0 Å². The predicted molar refractivity (Wildman–Crippen MR) is 69.2 cm³/mol. The van der Waals surface area contributed by atoms with Crippen molar-refractivity contribution in [2.75, 3.05) is 6.54 Å². The van der Waals surface area contributed by atoms with Gasteiger partial charge in [0.2, 0.25) is 10.0 Å². The maximum Gasteiger partial charge on any atom is 0.241 e. The molecule has 98 valence electrons. The van der Waals surface area contributed by atoms with E-state index < -0.39 is 10.0 Å². The molecule has 0 aliphatic rings. The first-order valence-electron chi connectivity index (χ1n) is 5.63. The van der Waals surface area contributed by atoms with Crippen LogP contribution >= 0.6 is 0 Å². The predicted octanol–water partition coefficient (Wildman–Crippen LogP) is 0.820. The first-order chi connectivity index (χ1) is 8.38. The summed E-state index contributed by atoms with van der Waals surface area (Å²) in [6.07, 6.45) is 0. The minimum atomic E-state index is -3.68. The summed E-state index contributed by atoms with van der Waals surface area (Å²) in [5.74, 6) is 0.180. The lowest BCUT2D eigenvalue weighted by Gasteiger charge is -2.16. The average Bonchev–Trinajstić information content (AvgIpc) is 2.35. The Morgan fingerprint density at radius 3 is 2.56 bits per heavy atom. The van der Waals surface area contributed by atoms with Crippen molar-refractivity contribution in [1.29, 1.82) is 5.26 Å². The van der Waals surface area contributed by atoms with Gasteiger partial charge in [-0.2, -0.15) is 5.26 Å². The fourth-order valence-corrected chi connectivity index (χ4v) is 2.54. The highest BCUT2D eigenvalue weighted by Gasteiger charge is 2.19. The number of benzene rings is 1. The summed E-state index contributed by atoms with van der Waals surface area (Å²) in [5.41, 5.74) is 5.91. The Morgan fingerprint density at radius 2 is 2.00 bits per heavy atom. The molecule has 1 unspecified atom stereocenters. The van der Waals surface area contributed by atoms with E-state index in [1.54, 1.807) is 12.1 Å². The minimum Gasteiger partial charge on any atom is -0.326 e. The molecule has 0 aliphatic carbocycles. The second kappa shape index (κ2) is 5.96. The molecule has 0 heterocycles. The summed E-state index contributed by atoms with van der Waals surface area (Å²) in [7, 11) is -3.68. The lowest BCUT2D eigenvalue weighted by molar-refractivity contribution is 0.481. The highest BCUT2D eigenvalue weighted by molar-refractivity contribution is 7.89. The fraction of sp³-hybridized carbons (Fsp3) is 0.417. The van der Waals surface area contributed by atoms with Crippen LogP contribution in [-0.4, -0.2) is 21.0 Å². The maximum atomic E-state index is 12.0. The topological polar surface area (TPSA) is 96.0 Å². The Hall–Kier alpha value is -1.42. The monoisotopic (exact) mass is 267 g/mol. The summed E-state index contributed by atoms with van der Waals surface area (Å²) in [5, 5.41) is 8.88. The molecular formula is C12H17N3O2S. The molecule has 1 aromatic rings. The normalized spacial score (nSPS) is 13.3. The van der Waals surface area contributed by atoms with Crippen LogP contribution in [0.5, 0.6) is 0 Å². The van der Waals surface area contributed by atoms with Crippen LogP contribution in [0.25, 0.3) is 0 Å². The summed E-state index contributed by atoms with van der Waals surface area (Å²) in [6, 6.07) is 7.68. The van der Waals surface area contributed by atoms with Gasteiger partial charge in [0, 0.05) is 12.6 Å². The Kier molecular flexibility index (Phi) is 4.84. The van der Waals surface area contributed by atoms with Crippen LogP contribution in [0.1, 0.15) is 19.4 Å². The van der Waals surface area contributed by atoms with Crippen LogP contribution in [0, 0.1) is 17.2 Å². The third-order valence-electron chi connectivity index (χ3n) is 2.66. The molecule has 5 nitrogen and oxygen atoms in total. The van der Waals surface area contributed by atoms with Gasteiger partial charge < -0.3 is 5.73 Å². The van der Waals surface area contributed by atoms with E-state index in [4.69, 9.17) is 11.0 Å². The molecule has 1 aromatic carbocycles. The molecule has 0 fully saturated rings. The van der Waals surface area contributed by atoms with E-state index >= 15 is 0 Å². The van der Waals surface area contributed by atoms with Crippen LogP contribution in [0.3, 0.4) is 0 Å². The SMILES string of the molecule is CC(C)C(N)CNS(=O)(=O)c1ccccc1C#N. The zero-order valence-corrected chi connectivity index (χ0v) is 11.2. The lowest BCUT2D eigenvalue weighted by Crippen LogP contribution is -2.40. The smallest absolute Gasteiger partial charge is 0.241 e. The molecule has 0 aromatic heterocycles. The second-order valence-corrected chi connectivity index (χ2v) is 6.10. The number of nitrogens with one attached hydrogen (secondary N) is 1. The maximum absolute atomic E-state index is 12.0. The summed E-state index contributed by atoms with van der Waals surface area (Å²) in [4.78, 5) is -0.0107. The first-order valence-corrected chi connectivity index (χ1v) is 7.11. The van der Waals surface area contributed by atoms with Crippen molar-refractivity contribution < 1.29 is 8.42 Å². The highest BCUT2D eigenvalue weighted by atomic mass is 32.2. The quantitative estimate of drug-likeness (QED) is 0.825. The van der Waals surface area contributed by atoms with Crippen molar-refractivity contribution in [3.63, 3.8) is 0 Å². The molecule has 6 heteroatoms. The van der Waals surface area contributed by atoms with Gasteiger partial charge in [-0.05, 0) is 18.1 Å². The first kappa shape index (κ1) is 14.6. The Labute approximate surface area is 108 Å². The molecule has 0 spiro atoms. The standard InChI is InChI=1S/C12H17N3O2S/c1-9(2)11(14)8-15-18(16,17)12-6-4-3-5-10(12)7-13/h3-6,9,11,15H,8,14H2,1-2H3. The third kappa shape index (κ3) is 3.53. The molecule has 3 N–H and O–H groups in total. The van der Waals surface area contributed by atoms with E-state index in [1.165, 1.54) is 12.1 Å². The van der Waals surface area contributed by atoms with E-state index in [-0.39, 0.29) is 29.0 Å². The van der Waals surface area contributed by atoms with E-state index in [9.17, 15) is 8.42 Å². The Balaban J connectivity index is 2.91. The zero-order chi connectivity index (χ0) is 13.8. The van der Waals surface area contributed by atoms with Gasteiger partial charge in [0.05, 0.1) is 10.5 Å². The fourth-order valence-electron chi connectivity index (χ4n) is 1.31. The van der Waals surface area contributed by atoms with Gasteiger partial charge in [-0.15, -0.1) is 0 Å². The van der Waals surface area contributed by atoms with Crippen LogP contribution in [-0.2, 0) is 10.0 Å². The molecule has 1 rings (SSSR count). The second-order valence-electron chi connectivity index (χ2n) is 4.37. The summed E-state index contributed by atoms with van der Waals surface area (Å²) < 4.78 is 26.5. The molecule has 0 saturated carbocycles. The number of nitriles is 1. The van der Waals surface area contributed by atoms with E-state index in [0.29, 0.717) is 0 Å². The average molecular weight is 267 g/mol. The number of nitrogens with two attached hydrogens (primary N) is 1. The molecule has 0 radical (unpaired) electrons. The molecular weight excluding hydrogens is 250 g/mol. The van der Waals surface area contributed by atoms with Gasteiger partial charge in [-0.1, -0.05) is 26.0 Å². The Bertz CT molecular complexity index is 547. The van der Waals surface area contributed by atoms with Crippen molar-refractivity contribution in [2.45, 2.75) is 24.8 Å². The van der Waals surface area contributed by atoms with Crippen LogP contribution in [0.2, 0.25) is 0 Å². The molecule has 0 aliphatic heterocycles. The summed E-state index contributed by atoms with van der Waals surface area (Å²) in [6.45, 7) is 3.99. The Morgan fingerprint density at radius 1 is 1.39 bits per heavy atom. The summed E-state index contributed by atoms with van der Waals surface area (Å²) >= 11 is 0. The number of hydrogen-bond donors (Lipinski definition) is 2. The van der Waals surface area contributed by atoms with Gasteiger partial charge in [0.15, 0.2) is 0 Å². The highest BCUT2D eigenvalue weighted by Crippen LogP contribution is 2.14.